The van der Waals surface area contributed by atoms with Gasteiger partial charge in [0, 0.05) is 19.5 Å². The third-order valence-corrected chi connectivity index (χ3v) is 3.25. The Morgan fingerprint density at radius 3 is 1.96 bits per heavy atom. The number of rotatable bonds is 6. The molecule has 0 spiro atoms. The van der Waals surface area contributed by atoms with Crippen LogP contribution in [-0.4, -0.2) is 37.7 Å². The standard InChI is InChI=1S/C17H19NO3.C3H6O2.C2H6/c1-3-20-16-11-9-14(10-12-16)13-21-18(2)17(19)15-7-5-4-6-8-15;1-3(4)5-2;1-2/h4-12H,3,13H2,1-2H3;1-2H3;1-2H3. The number of esters is 1. The van der Waals surface area contributed by atoms with E-state index >= 15 is 0 Å². The van der Waals surface area contributed by atoms with Crippen LogP contribution in [0.4, 0.5) is 0 Å². The molecule has 154 valence electrons. The van der Waals surface area contributed by atoms with E-state index in [-0.39, 0.29) is 11.9 Å². The zero-order valence-electron chi connectivity index (χ0n) is 17.6. The molecule has 28 heavy (non-hydrogen) atoms. The number of carbonyl (C=O) groups excluding carboxylic acids is 2. The lowest BCUT2D eigenvalue weighted by Crippen LogP contribution is -2.26. The van der Waals surface area contributed by atoms with Crippen LogP contribution in [0.1, 0.15) is 43.6 Å². The highest BCUT2D eigenvalue weighted by Crippen LogP contribution is 2.13. The number of ether oxygens (including phenoxy) is 2. The van der Waals surface area contributed by atoms with Gasteiger partial charge in [-0.3, -0.25) is 14.4 Å². The van der Waals surface area contributed by atoms with Gasteiger partial charge in [-0.15, -0.1) is 0 Å². The molecule has 0 aliphatic rings. The molecule has 0 saturated carbocycles. The molecule has 0 N–H and O–H groups in total. The predicted molar refractivity (Wildman–Crippen MR) is 110 cm³/mol. The van der Waals surface area contributed by atoms with Gasteiger partial charge in [0.1, 0.15) is 12.4 Å². The molecular formula is C22H31NO5. The highest BCUT2D eigenvalue weighted by Gasteiger charge is 2.11. The molecule has 0 atom stereocenters. The van der Waals surface area contributed by atoms with Crippen LogP contribution in [0.2, 0.25) is 0 Å². The molecule has 1 amide bonds. The molecule has 0 unspecified atom stereocenters. The van der Waals surface area contributed by atoms with Crippen molar-refractivity contribution in [2.75, 3.05) is 20.8 Å². The molecule has 6 heteroatoms. The van der Waals surface area contributed by atoms with Crippen LogP contribution >= 0.6 is 0 Å². The molecule has 0 radical (unpaired) electrons. The minimum atomic E-state index is -0.245. The fourth-order valence-electron chi connectivity index (χ4n) is 1.84. The fourth-order valence-corrected chi connectivity index (χ4v) is 1.84. The Morgan fingerprint density at radius 2 is 1.50 bits per heavy atom. The van der Waals surface area contributed by atoms with E-state index in [2.05, 4.69) is 4.74 Å². The van der Waals surface area contributed by atoms with Crippen LogP contribution in [0.3, 0.4) is 0 Å². The van der Waals surface area contributed by atoms with E-state index < -0.39 is 0 Å². The average Bonchev–Trinajstić information content (AvgIpc) is 2.75. The number of nitrogens with zero attached hydrogens (tertiary/aromatic N) is 1. The fraction of sp³-hybridized carbons (Fsp3) is 0.364. The van der Waals surface area contributed by atoms with Gasteiger partial charge in [0.15, 0.2) is 0 Å². The number of hydrogen-bond donors (Lipinski definition) is 0. The van der Waals surface area contributed by atoms with Gasteiger partial charge >= 0.3 is 5.97 Å². The van der Waals surface area contributed by atoms with E-state index in [1.807, 2.05) is 63.2 Å². The summed E-state index contributed by atoms with van der Waals surface area (Å²) in [6, 6.07) is 16.7. The maximum absolute atomic E-state index is 12.1. The molecule has 0 bridgehead atoms. The van der Waals surface area contributed by atoms with E-state index in [1.54, 1.807) is 19.2 Å². The van der Waals surface area contributed by atoms with Crippen molar-refractivity contribution in [3.63, 3.8) is 0 Å². The molecule has 0 heterocycles. The molecule has 0 aromatic heterocycles. The first-order valence-electron chi connectivity index (χ1n) is 9.20. The van der Waals surface area contributed by atoms with Crippen molar-refractivity contribution in [3.8, 4) is 5.75 Å². The van der Waals surface area contributed by atoms with Crippen LogP contribution < -0.4 is 4.74 Å². The molecule has 0 saturated heterocycles. The van der Waals surface area contributed by atoms with Gasteiger partial charge in [-0.05, 0) is 36.8 Å². The van der Waals surface area contributed by atoms with Gasteiger partial charge < -0.3 is 9.47 Å². The van der Waals surface area contributed by atoms with E-state index in [1.165, 1.54) is 19.1 Å². The zero-order chi connectivity index (χ0) is 21.4. The lowest BCUT2D eigenvalue weighted by atomic mass is 10.2. The Bertz CT molecular complexity index is 671. The average molecular weight is 389 g/mol. The van der Waals surface area contributed by atoms with Crippen LogP contribution in [0.25, 0.3) is 0 Å². The second kappa shape index (κ2) is 15.2. The summed E-state index contributed by atoms with van der Waals surface area (Å²) in [4.78, 5) is 27.2. The van der Waals surface area contributed by atoms with Crippen molar-refractivity contribution in [2.45, 2.75) is 34.3 Å². The van der Waals surface area contributed by atoms with Crippen LogP contribution in [0, 0.1) is 0 Å². The van der Waals surface area contributed by atoms with Gasteiger partial charge in [0.05, 0.1) is 13.7 Å². The summed E-state index contributed by atoms with van der Waals surface area (Å²) in [7, 11) is 2.96. The third-order valence-electron chi connectivity index (χ3n) is 3.25. The smallest absolute Gasteiger partial charge is 0.302 e. The van der Waals surface area contributed by atoms with Gasteiger partial charge in [-0.2, -0.15) is 0 Å². The Hall–Kier alpha value is -2.86. The molecule has 6 nitrogen and oxygen atoms in total. The Kier molecular flexibility index (Phi) is 13.7. The Labute approximate surface area is 168 Å². The number of hydroxylamine groups is 2. The number of amides is 1. The zero-order valence-corrected chi connectivity index (χ0v) is 17.6. The Morgan fingerprint density at radius 1 is 0.964 bits per heavy atom. The molecule has 0 aliphatic carbocycles. The van der Waals surface area contributed by atoms with Gasteiger partial charge in [-0.25, -0.2) is 5.06 Å². The van der Waals surface area contributed by atoms with Crippen LogP contribution in [-0.2, 0) is 21.0 Å². The third kappa shape index (κ3) is 10.3. The van der Waals surface area contributed by atoms with Crippen molar-refractivity contribution in [2.24, 2.45) is 0 Å². The molecular weight excluding hydrogens is 358 g/mol. The van der Waals surface area contributed by atoms with Gasteiger partial charge in [0.25, 0.3) is 5.91 Å². The highest BCUT2D eigenvalue weighted by molar-refractivity contribution is 5.93. The lowest BCUT2D eigenvalue weighted by molar-refractivity contribution is -0.137. The summed E-state index contributed by atoms with van der Waals surface area (Å²) >= 11 is 0. The largest absolute Gasteiger partial charge is 0.494 e. The first-order chi connectivity index (χ1) is 13.5. The molecule has 0 aliphatic heterocycles. The van der Waals surface area contributed by atoms with Gasteiger partial charge in [0.2, 0.25) is 0 Å². The summed E-state index contributed by atoms with van der Waals surface area (Å²) in [5.41, 5.74) is 1.58. The van der Waals surface area contributed by atoms with Crippen molar-refractivity contribution >= 4 is 11.9 Å². The van der Waals surface area contributed by atoms with E-state index in [4.69, 9.17) is 9.57 Å². The molecule has 2 aromatic rings. The number of hydrogen-bond acceptors (Lipinski definition) is 5. The van der Waals surface area contributed by atoms with Crippen molar-refractivity contribution in [1.82, 2.24) is 5.06 Å². The molecule has 2 rings (SSSR count). The van der Waals surface area contributed by atoms with Gasteiger partial charge in [-0.1, -0.05) is 44.2 Å². The van der Waals surface area contributed by atoms with Crippen molar-refractivity contribution < 1.29 is 23.9 Å². The minimum Gasteiger partial charge on any atom is -0.494 e. The first-order valence-corrected chi connectivity index (χ1v) is 9.20. The Balaban J connectivity index is 0.000000906. The summed E-state index contributed by atoms with van der Waals surface area (Å²) in [6.45, 7) is 8.28. The lowest BCUT2D eigenvalue weighted by Gasteiger charge is -2.17. The summed E-state index contributed by atoms with van der Waals surface area (Å²) in [5, 5.41) is 1.26. The van der Waals surface area contributed by atoms with E-state index in [0.717, 1.165) is 11.3 Å². The SMILES string of the molecule is CC.CCOc1ccc(CON(C)C(=O)c2ccccc2)cc1.COC(C)=O. The second-order valence-corrected chi connectivity index (χ2v) is 5.21. The second-order valence-electron chi connectivity index (χ2n) is 5.21. The predicted octanol–water partition coefficient (Wildman–Crippen LogP) is 4.49. The number of methoxy groups -OCH3 is 1. The molecule has 0 fully saturated rings. The number of carbonyl (C=O) groups is 2. The normalized spacial score (nSPS) is 9.07. The number of benzene rings is 2. The van der Waals surface area contributed by atoms with Crippen LogP contribution in [0.15, 0.2) is 54.6 Å². The summed E-state index contributed by atoms with van der Waals surface area (Å²) < 4.78 is 9.49. The minimum absolute atomic E-state index is 0.165. The van der Waals surface area contributed by atoms with Crippen molar-refractivity contribution in [1.29, 1.82) is 0 Å². The maximum Gasteiger partial charge on any atom is 0.302 e. The van der Waals surface area contributed by atoms with E-state index in [9.17, 15) is 9.59 Å². The highest BCUT2D eigenvalue weighted by atomic mass is 16.7. The van der Waals surface area contributed by atoms with E-state index in [0.29, 0.717) is 18.8 Å². The van der Waals surface area contributed by atoms with Crippen LogP contribution in [0.5, 0.6) is 5.75 Å². The van der Waals surface area contributed by atoms with Crippen molar-refractivity contribution in [3.05, 3.63) is 65.7 Å². The summed E-state index contributed by atoms with van der Waals surface area (Å²) in [5.74, 6) is 0.418. The molecule has 2 aromatic carbocycles. The first kappa shape index (κ1) is 25.1. The quantitative estimate of drug-likeness (QED) is 0.538. The monoisotopic (exact) mass is 389 g/mol. The topological polar surface area (TPSA) is 65.1 Å². The summed E-state index contributed by atoms with van der Waals surface area (Å²) in [6.07, 6.45) is 0. The maximum atomic E-state index is 12.1.